The Morgan fingerprint density at radius 2 is 1.81 bits per heavy atom. The third-order valence-corrected chi connectivity index (χ3v) is 3.57. The molecule has 0 saturated carbocycles. The highest BCUT2D eigenvalue weighted by atomic mass is 16.4. The van der Waals surface area contributed by atoms with E-state index >= 15 is 0 Å². The molecule has 1 amide bonds. The van der Waals surface area contributed by atoms with E-state index < -0.39 is 0 Å². The fourth-order valence-corrected chi connectivity index (χ4v) is 2.55. The number of hydrogen-bond donors (Lipinski definition) is 1. The normalized spacial score (nSPS) is 12.5. The summed E-state index contributed by atoms with van der Waals surface area (Å²) in [5, 5.41) is 5.16. The lowest BCUT2D eigenvalue weighted by Gasteiger charge is -2.13. The van der Waals surface area contributed by atoms with Crippen LogP contribution in [-0.2, 0) is 4.79 Å². The Hall–Kier alpha value is -2.62. The number of carbonyl (C=O) groups is 1. The average Bonchev–Trinajstić information content (AvgIpc) is 2.46. The molecule has 0 saturated heterocycles. The number of carbonyl (C=O) groups excluding carboxylic acids is 1. The van der Waals surface area contributed by atoms with Gasteiger partial charge < -0.3 is 9.73 Å². The summed E-state index contributed by atoms with van der Waals surface area (Å²) < 4.78 is 5.40. The zero-order valence-corrected chi connectivity index (χ0v) is 11.8. The van der Waals surface area contributed by atoms with Gasteiger partial charge in [-0.15, -0.1) is 0 Å². The Morgan fingerprint density at radius 1 is 1.10 bits per heavy atom. The second-order valence-electron chi connectivity index (χ2n) is 5.11. The number of fused-ring (bicyclic) bond motifs is 3. The van der Waals surface area contributed by atoms with Crippen LogP contribution in [0.5, 0.6) is 0 Å². The van der Waals surface area contributed by atoms with E-state index in [2.05, 4.69) is 5.32 Å². The molecule has 0 aliphatic carbocycles. The van der Waals surface area contributed by atoms with Gasteiger partial charge in [-0.05, 0) is 30.0 Å². The predicted octanol–water partition coefficient (Wildman–Crippen LogP) is 3.14. The largest absolute Gasteiger partial charge is 0.422 e. The molecule has 21 heavy (non-hydrogen) atoms. The van der Waals surface area contributed by atoms with E-state index in [9.17, 15) is 9.59 Å². The summed E-state index contributed by atoms with van der Waals surface area (Å²) in [4.78, 5) is 23.2. The van der Waals surface area contributed by atoms with E-state index in [1.165, 1.54) is 6.92 Å². The minimum absolute atomic E-state index is 0.0949. The van der Waals surface area contributed by atoms with Crippen LogP contribution in [-0.4, -0.2) is 5.91 Å². The quantitative estimate of drug-likeness (QED) is 0.580. The van der Waals surface area contributed by atoms with E-state index in [1.54, 1.807) is 6.07 Å². The van der Waals surface area contributed by atoms with E-state index in [-0.39, 0.29) is 17.6 Å². The van der Waals surface area contributed by atoms with E-state index in [4.69, 9.17) is 4.42 Å². The van der Waals surface area contributed by atoms with Gasteiger partial charge in [-0.25, -0.2) is 4.79 Å². The van der Waals surface area contributed by atoms with Gasteiger partial charge in [0, 0.05) is 12.3 Å². The summed E-state index contributed by atoms with van der Waals surface area (Å²) in [6.45, 7) is 3.37. The summed E-state index contributed by atoms with van der Waals surface area (Å²) in [7, 11) is 0. The van der Waals surface area contributed by atoms with Gasteiger partial charge >= 0.3 is 5.63 Å². The molecule has 1 atom stereocenters. The topological polar surface area (TPSA) is 59.3 Å². The summed E-state index contributed by atoms with van der Waals surface area (Å²) in [5.74, 6) is -0.0949. The number of nitrogens with one attached hydrogen (secondary N) is 1. The molecule has 4 nitrogen and oxygen atoms in total. The minimum atomic E-state index is -0.345. The van der Waals surface area contributed by atoms with Gasteiger partial charge in [-0.1, -0.05) is 30.3 Å². The first kappa shape index (κ1) is 13.4. The van der Waals surface area contributed by atoms with Crippen molar-refractivity contribution in [2.75, 3.05) is 0 Å². The molecule has 0 spiro atoms. The first-order chi connectivity index (χ1) is 10.1. The van der Waals surface area contributed by atoms with Gasteiger partial charge in [0.05, 0.1) is 11.4 Å². The molecule has 106 valence electrons. The molecular weight excluding hydrogens is 266 g/mol. The Morgan fingerprint density at radius 3 is 2.52 bits per heavy atom. The van der Waals surface area contributed by atoms with Gasteiger partial charge in [-0.2, -0.15) is 0 Å². The fraction of sp³-hybridized carbons (Fsp3) is 0.176. The third kappa shape index (κ3) is 2.40. The Balaban J connectivity index is 2.21. The lowest BCUT2D eigenvalue weighted by atomic mass is 10.0. The van der Waals surface area contributed by atoms with E-state index in [0.29, 0.717) is 11.0 Å². The van der Waals surface area contributed by atoms with Gasteiger partial charge in [0.1, 0.15) is 5.58 Å². The lowest BCUT2D eigenvalue weighted by Crippen LogP contribution is -2.23. The van der Waals surface area contributed by atoms with Gasteiger partial charge in [0.2, 0.25) is 5.91 Å². The second kappa shape index (κ2) is 5.05. The Bertz CT molecular complexity index is 895. The molecule has 3 aromatic rings. The van der Waals surface area contributed by atoms with Crippen LogP contribution in [0, 0.1) is 0 Å². The maximum Gasteiger partial charge on any atom is 0.344 e. The number of rotatable bonds is 2. The van der Waals surface area contributed by atoms with Crippen molar-refractivity contribution in [3.8, 4) is 0 Å². The number of benzene rings is 2. The summed E-state index contributed by atoms with van der Waals surface area (Å²) in [6.07, 6.45) is 0. The zero-order chi connectivity index (χ0) is 15.0. The van der Waals surface area contributed by atoms with Crippen LogP contribution in [0.25, 0.3) is 21.7 Å². The van der Waals surface area contributed by atoms with Crippen molar-refractivity contribution < 1.29 is 9.21 Å². The number of hydrogen-bond acceptors (Lipinski definition) is 3. The molecule has 4 heteroatoms. The lowest BCUT2D eigenvalue weighted by molar-refractivity contribution is -0.119. The second-order valence-corrected chi connectivity index (χ2v) is 5.11. The highest BCUT2D eigenvalue weighted by molar-refractivity contribution is 6.04. The smallest absolute Gasteiger partial charge is 0.344 e. The molecule has 3 rings (SSSR count). The minimum Gasteiger partial charge on any atom is -0.422 e. The van der Waals surface area contributed by atoms with Crippen LogP contribution in [0.4, 0.5) is 0 Å². The van der Waals surface area contributed by atoms with E-state index in [0.717, 1.165) is 16.3 Å². The molecule has 0 fully saturated rings. The van der Waals surface area contributed by atoms with Gasteiger partial charge in [-0.3, -0.25) is 4.79 Å². The van der Waals surface area contributed by atoms with Crippen LogP contribution in [0.2, 0.25) is 0 Å². The van der Waals surface area contributed by atoms with Crippen molar-refractivity contribution in [2.45, 2.75) is 19.9 Å². The van der Waals surface area contributed by atoms with E-state index in [1.807, 2.05) is 43.3 Å². The van der Waals surface area contributed by atoms with Crippen molar-refractivity contribution in [1.82, 2.24) is 5.32 Å². The van der Waals surface area contributed by atoms with Crippen LogP contribution >= 0.6 is 0 Å². The fourth-order valence-electron chi connectivity index (χ4n) is 2.55. The average molecular weight is 281 g/mol. The molecule has 0 aliphatic heterocycles. The predicted molar refractivity (Wildman–Crippen MR) is 82.2 cm³/mol. The monoisotopic (exact) mass is 281 g/mol. The maximum absolute atomic E-state index is 12.0. The number of amides is 1. The molecule has 0 aliphatic rings. The van der Waals surface area contributed by atoms with Crippen LogP contribution < -0.4 is 10.9 Å². The SMILES string of the molecule is CC(=O)NC(C)c1ccc2c(c1)oc(=O)c1ccccc12. The molecule has 1 heterocycles. The van der Waals surface area contributed by atoms with Crippen molar-refractivity contribution in [3.63, 3.8) is 0 Å². The summed E-state index contributed by atoms with van der Waals surface area (Å²) in [5.41, 5.74) is 1.09. The summed E-state index contributed by atoms with van der Waals surface area (Å²) >= 11 is 0. The maximum atomic E-state index is 12.0. The van der Waals surface area contributed by atoms with Crippen LogP contribution in [0.1, 0.15) is 25.5 Å². The van der Waals surface area contributed by atoms with Crippen molar-refractivity contribution in [3.05, 3.63) is 58.4 Å². The highest BCUT2D eigenvalue weighted by Gasteiger charge is 2.11. The molecule has 0 bridgehead atoms. The third-order valence-electron chi connectivity index (χ3n) is 3.57. The molecule has 1 aromatic heterocycles. The van der Waals surface area contributed by atoms with Crippen molar-refractivity contribution >= 4 is 27.6 Å². The first-order valence-electron chi connectivity index (χ1n) is 6.79. The molecule has 0 radical (unpaired) electrons. The van der Waals surface area contributed by atoms with Crippen LogP contribution in [0.3, 0.4) is 0 Å². The summed E-state index contributed by atoms with van der Waals surface area (Å²) in [6, 6.07) is 12.9. The molecule has 2 aromatic carbocycles. The zero-order valence-electron chi connectivity index (χ0n) is 11.8. The van der Waals surface area contributed by atoms with Gasteiger partial charge in [0.25, 0.3) is 0 Å². The molecular formula is C17H15NO3. The highest BCUT2D eigenvalue weighted by Crippen LogP contribution is 2.25. The first-order valence-corrected chi connectivity index (χ1v) is 6.79. The van der Waals surface area contributed by atoms with Crippen LogP contribution in [0.15, 0.2) is 51.7 Å². The Labute approximate surface area is 121 Å². The van der Waals surface area contributed by atoms with Crippen molar-refractivity contribution in [1.29, 1.82) is 0 Å². The van der Waals surface area contributed by atoms with Gasteiger partial charge in [0.15, 0.2) is 0 Å². The molecule has 1 N–H and O–H groups in total. The van der Waals surface area contributed by atoms with Crippen molar-refractivity contribution in [2.24, 2.45) is 0 Å². The standard InChI is InChI=1S/C17H15NO3/c1-10(18-11(2)19)12-7-8-14-13-5-3-4-6-15(13)17(20)21-16(14)9-12/h3-10H,1-2H3,(H,18,19). The molecule has 1 unspecified atom stereocenters. The Kier molecular flexibility index (Phi) is 3.22.